The lowest BCUT2D eigenvalue weighted by atomic mass is 9.65. The Morgan fingerprint density at radius 2 is 2.00 bits per heavy atom. The predicted octanol–water partition coefficient (Wildman–Crippen LogP) is 3.69. The SMILES string of the molecule is Cc1nc(Cl)sc1S(=O)(=O)N1CC2(C)CC1CC(C)(C)C2. The molecule has 1 saturated heterocycles. The van der Waals surface area contributed by atoms with E-state index in [9.17, 15) is 8.42 Å². The van der Waals surface area contributed by atoms with Crippen molar-refractivity contribution in [2.24, 2.45) is 10.8 Å². The minimum Gasteiger partial charge on any atom is -0.229 e. The van der Waals surface area contributed by atoms with Crippen molar-refractivity contribution in [1.82, 2.24) is 9.29 Å². The molecule has 0 amide bonds. The number of hydrogen-bond acceptors (Lipinski definition) is 4. The summed E-state index contributed by atoms with van der Waals surface area (Å²) < 4.78 is 28.3. The first-order chi connectivity index (χ1) is 9.52. The van der Waals surface area contributed by atoms with Gasteiger partial charge in [0.1, 0.15) is 0 Å². The summed E-state index contributed by atoms with van der Waals surface area (Å²) in [4.78, 5) is 4.06. The molecule has 1 aliphatic heterocycles. The van der Waals surface area contributed by atoms with E-state index in [1.54, 1.807) is 11.2 Å². The molecule has 2 atom stereocenters. The van der Waals surface area contributed by atoms with Gasteiger partial charge in [-0.25, -0.2) is 13.4 Å². The fourth-order valence-corrected chi connectivity index (χ4v) is 8.01. The number of aromatic nitrogens is 1. The average molecular weight is 349 g/mol. The van der Waals surface area contributed by atoms with Gasteiger partial charge in [-0.1, -0.05) is 43.7 Å². The first-order valence-corrected chi connectivity index (χ1v) is 9.81. The molecule has 118 valence electrons. The molecule has 2 bridgehead atoms. The molecule has 2 aliphatic rings. The standard InChI is InChI=1S/C14H21ClN2O2S2/c1-9-11(20-12(15)16-9)21(18,19)17-8-14(4)6-10(17)5-13(2,3)7-14/h10H,5-8H2,1-4H3. The topological polar surface area (TPSA) is 50.3 Å². The second kappa shape index (κ2) is 4.66. The number of thiazole rings is 1. The summed E-state index contributed by atoms with van der Waals surface area (Å²) in [6, 6.07) is 0.101. The van der Waals surface area contributed by atoms with E-state index in [2.05, 4.69) is 25.8 Å². The largest absolute Gasteiger partial charge is 0.254 e. The third kappa shape index (κ3) is 2.64. The molecule has 7 heteroatoms. The van der Waals surface area contributed by atoms with Gasteiger partial charge >= 0.3 is 0 Å². The third-order valence-electron chi connectivity index (χ3n) is 4.64. The quantitative estimate of drug-likeness (QED) is 0.818. The van der Waals surface area contributed by atoms with Gasteiger partial charge in [-0.05, 0) is 37.0 Å². The normalized spacial score (nSPS) is 32.5. The van der Waals surface area contributed by atoms with Crippen molar-refractivity contribution in [3.63, 3.8) is 0 Å². The summed E-state index contributed by atoms with van der Waals surface area (Å²) in [5.74, 6) is 0. The maximum atomic E-state index is 13.0. The molecule has 0 spiro atoms. The molecule has 0 aromatic carbocycles. The van der Waals surface area contributed by atoms with Crippen LogP contribution in [0, 0.1) is 17.8 Å². The lowest BCUT2D eigenvalue weighted by Gasteiger charge is -2.39. The summed E-state index contributed by atoms with van der Waals surface area (Å²) in [5, 5.41) is 0. The van der Waals surface area contributed by atoms with E-state index in [4.69, 9.17) is 11.6 Å². The van der Waals surface area contributed by atoms with E-state index < -0.39 is 10.0 Å². The van der Waals surface area contributed by atoms with Gasteiger partial charge in [-0.2, -0.15) is 4.31 Å². The third-order valence-corrected chi connectivity index (χ3v) is 8.38. The number of halogens is 1. The van der Waals surface area contributed by atoms with Crippen LogP contribution in [0.4, 0.5) is 0 Å². The van der Waals surface area contributed by atoms with E-state index >= 15 is 0 Å². The van der Waals surface area contributed by atoms with Crippen molar-refractivity contribution in [2.75, 3.05) is 6.54 Å². The zero-order valence-electron chi connectivity index (χ0n) is 12.8. The Kier molecular flexibility index (Phi) is 3.49. The molecule has 1 saturated carbocycles. The molecule has 0 radical (unpaired) electrons. The van der Waals surface area contributed by atoms with Crippen LogP contribution in [0.1, 0.15) is 45.7 Å². The number of nitrogens with zero attached hydrogens (tertiary/aromatic N) is 2. The summed E-state index contributed by atoms with van der Waals surface area (Å²) >= 11 is 6.95. The molecule has 21 heavy (non-hydrogen) atoms. The summed E-state index contributed by atoms with van der Waals surface area (Å²) in [5.41, 5.74) is 0.792. The highest BCUT2D eigenvalue weighted by Gasteiger charge is 2.53. The molecule has 3 rings (SSSR count). The van der Waals surface area contributed by atoms with E-state index in [0.29, 0.717) is 20.9 Å². The lowest BCUT2D eigenvalue weighted by Crippen LogP contribution is -2.37. The Bertz CT molecular complexity index is 683. The van der Waals surface area contributed by atoms with Gasteiger partial charge in [0.2, 0.25) is 0 Å². The van der Waals surface area contributed by atoms with Crippen LogP contribution in [0.15, 0.2) is 4.21 Å². The van der Waals surface area contributed by atoms with Crippen LogP contribution >= 0.6 is 22.9 Å². The molecule has 1 aromatic heterocycles. The zero-order chi connectivity index (χ0) is 15.6. The van der Waals surface area contributed by atoms with Crippen molar-refractivity contribution < 1.29 is 8.42 Å². The Labute approximate surface area is 135 Å². The van der Waals surface area contributed by atoms with Crippen LogP contribution in [-0.2, 0) is 10.0 Å². The van der Waals surface area contributed by atoms with E-state index in [0.717, 1.165) is 30.6 Å². The van der Waals surface area contributed by atoms with Crippen molar-refractivity contribution in [3.8, 4) is 0 Å². The molecule has 2 heterocycles. The van der Waals surface area contributed by atoms with Crippen LogP contribution in [0.25, 0.3) is 0 Å². The highest BCUT2D eigenvalue weighted by molar-refractivity contribution is 7.91. The second-order valence-electron chi connectivity index (χ2n) is 7.60. The lowest BCUT2D eigenvalue weighted by molar-refractivity contribution is 0.133. The van der Waals surface area contributed by atoms with Crippen molar-refractivity contribution in [1.29, 1.82) is 0 Å². The molecule has 2 unspecified atom stereocenters. The highest BCUT2D eigenvalue weighted by atomic mass is 35.5. The predicted molar refractivity (Wildman–Crippen MR) is 85.3 cm³/mol. The van der Waals surface area contributed by atoms with Crippen LogP contribution in [-0.4, -0.2) is 30.3 Å². The van der Waals surface area contributed by atoms with Gasteiger partial charge in [0.15, 0.2) is 8.68 Å². The molecule has 4 nitrogen and oxygen atoms in total. The minimum absolute atomic E-state index is 0.0852. The van der Waals surface area contributed by atoms with Gasteiger partial charge in [0, 0.05) is 12.6 Å². The molecular weight excluding hydrogens is 328 g/mol. The Balaban J connectivity index is 2.00. The number of sulfonamides is 1. The molecular formula is C14H21ClN2O2S2. The van der Waals surface area contributed by atoms with Gasteiger partial charge < -0.3 is 0 Å². The zero-order valence-corrected chi connectivity index (χ0v) is 15.2. The fourth-order valence-electron chi connectivity index (χ4n) is 4.39. The molecule has 0 N–H and O–H groups in total. The minimum atomic E-state index is -3.49. The number of hydrogen-bond donors (Lipinski definition) is 0. The summed E-state index contributed by atoms with van der Waals surface area (Å²) in [6.45, 7) is 9.01. The Hall–Kier alpha value is -0.170. The average Bonchev–Trinajstić information content (AvgIpc) is 2.75. The fraction of sp³-hybridized carbons (Fsp3) is 0.786. The van der Waals surface area contributed by atoms with Crippen molar-refractivity contribution >= 4 is 33.0 Å². The molecule has 2 fully saturated rings. The monoisotopic (exact) mass is 348 g/mol. The molecule has 1 aromatic rings. The van der Waals surface area contributed by atoms with Crippen LogP contribution in [0.3, 0.4) is 0 Å². The van der Waals surface area contributed by atoms with E-state index in [1.165, 1.54) is 0 Å². The first kappa shape index (κ1) is 15.7. The first-order valence-electron chi connectivity index (χ1n) is 7.17. The van der Waals surface area contributed by atoms with Gasteiger partial charge in [0.25, 0.3) is 10.0 Å². The maximum Gasteiger partial charge on any atom is 0.254 e. The summed E-state index contributed by atoms with van der Waals surface area (Å²) in [7, 11) is -3.49. The van der Waals surface area contributed by atoms with Crippen LogP contribution in [0.2, 0.25) is 4.47 Å². The van der Waals surface area contributed by atoms with Crippen molar-refractivity contribution in [2.45, 2.75) is 57.2 Å². The van der Waals surface area contributed by atoms with Gasteiger partial charge in [0.05, 0.1) is 5.69 Å². The second-order valence-corrected chi connectivity index (χ2v) is 11.3. The maximum absolute atomic E-state index is 13.0. The van der Waals surface area contributed by atoms with Crippen LogP contribution < -0.4 is 0 Å². The number of fused-ring (bicyclic) bond motifs is 2. The van der Waals surface area contributed by atoms with E-state index in [1.807, 2.05) is 0 Å². The number of aryl methyl sites for hydroxylation is 1. The van der Waals surface area contributed by atoms with Gasteiger partial charge in [-0.15, -0.1) is 0 Å². The Morgan fingerprint density at radius 1 is 1.33 bits per heavy atom. The van der Waals surface area contributed by atoms with E-state index in [-0.39, 0.29) is 16.9 Å². The highest BCUT2D eigenvalue weighted by Crippen LogP contribution is 2.54. The number of rotatable bonds is 2. The summed E-state index contributed by atoms with van der Waals surface area (Å²) in [6.07, 6.45) is 2.96. The Morgan fingerprint density at radius 3 is 2.57 bits per heavy atom. The van der Waals surface area contributed by atoms with Crippen LogP contribution in [0.5, 0.6) is 0 Å². The molecule has 1 aliphatic carbocycles. The van der Waals surface area contributed by atoms with Gasteiger partial charge in [-0.3, -0.25) is 0 Å². The van der Waals surface area contributed by atoms with Crippen molar-refractivity contribution in [3.05, 3.63) is 10.2 Å². The smallest absolute Gasteiger partial charge is 0.229 e.